The van der Waals surface area contributed by atoms with Crippen molar-refractivity contribution in [2.75, 3.05) is 11.9 Å². The molecule has 0 spiro atoms. The van der Waals surface area contributed by atoms with Gasteiger partial charge in [-0.2, -0.15) is 5.10 Å². The molecule has 33 heavy (non-hydrogen) atoms. The van der Waals surface area contributed by atoms with Crippen LogP contribution in [0.5, 0.6) is 11.5 Å². The predicted molar refractivity (Wildman–Crippen MR) is 120 cm³/mol. The zero-order valence-corrected chi connectivity index (χ0v) is 18.0. The van der Waals surface area contributed by atoms with Crippen molar-refractivity contribution < 1.29 is 18.7 Å². The van der Waals surface area contributed by atoms with Gasteiger partial charge < -0.3 is 15.0 Å². The van der Waals surface area contributed by atoms with E-state index in [1.165, 1.54) is 36.2 Å². The number of halogens is 1. The molecule has 170 valence electrons. The summed E-state index contributed by atoms with van der Waals surface area (Å²) in [6.45, 7) is 0.427. The fourth-order valence-electron chi connectivity index (χ4n) is 3.70. The SMILES string of the molecule is Cn1nc(C(=O)N2CCCCC2C(=O)Nc2ccc(Oc3ccccc3F)cc2)ccc1=O. The lowest BCUT2D eigenvalue weighted by atomic mass is 10.0. The van der Waals surface area contributed by atoms with E-state index in [4.69, 9.17) is 4.74 Å². The van der Waals surface area contributed by atoms with Crippen molar-refractivity contribution in [3.8, 4) is 11.5 Å². The molecule has 1 aliphatic heterocycles. The Balaban J connectivity index is 1.45. The third-order valence-corrected chi connectivity index (χ3v) is 5.43. The lowest BCUT2D eigenvalue weighted by Crippen LogP contribution is -2.50. The number of aromatic nitrogens is 2. The summed E-state index contributed by atoms with van der Waals surface area (Å²) >= 11 is 0. The smallest absolute Gasteiger partial charge is 0.274 e. The van der Waals surface area contributed by atoms with Crippen LogP contribution in [0, 0.1) is 5.82 Å². The second-order valence-corrected chi connectivity index (χ2v) is 7.74. The summed E-state index contributed by atoms with van der Waals surface area (Å²) < 4.78 is 20.4. The number of anilines is 1. The average Bonchev–Trinajstić information content (AvgIpc) is 2.83. The summed E-state index contributed by atoms with van der Waals surface area (Å²) in [5.41, 5.74) is 0.326. The molecule has 0 aliphatic carbocycles. The molecule has 1 atom stereocenters. The van der Waals surface area contributed by atoms with Crippen molar-refractivity contribution in [2.45, 2.75) is 25.3 Å². The number of carbonyl (C=O) groups is 2. The van der Waals surface area contributed by atoms with Gasteiger partial charge in [-0.15, -0.1) is 0 Å². The fourth-order valence-corrected chi connectivity index (χ4v) is 3.70. The number of para-hydroxylation sites is 1. The van der Waals surface area contributed by atoms with Crippen LogP contribution in [-0.2, 0) is 11.8 Å². The molecule has 3 aromatic rings. The Morgan fingerprint density at radius 1 is 1.06 bits per heavy atom. The van der Waals surface area contributed by atoms with Gasteiger partial charge in [0, 0.05) is 25.3 Å². The van der Waals surface area contributed by atoms with Crippen LogP contribution in [0.25, 0.3) is 0 Å². The van der Waals surface area contributed by atoms with Crippen LogP contribution >= 0.6 is 0 Å². The maximum absolute atomic E-state index is 13.8. The predicted octanol–water partition coefficient (Wildman–Crippen LogP) is 3.35. The molecule has 0 bridgehead atoms. The first-order chi connectivity index (χ1) is 15.9. The van der Waals surface area contributed by atoms with Crippen molar-refractivity contribution in [3.63, 3.8) is 0 Å². The van der Waals surface area contributed by atoms with Crippen LogP contribution in [0.1, 0.15) is 29.8 Å². The van der Waals surface area contributed by atoms with Gasteiger partial charge in [-0.25, -0.2) is 9.07 Å². The van der Waals surface area contributed by atoms with Crippen LogP contribution in [0.3, 0.4) is 0 Å². The normalized spacial score (nSPS) is 15.7. The Morgan fingerprint density at radius 3 is 2.55 bits per heavy atom. The number of carbonyl (C=O) groups excluding carboxylic acids is 2. The summed E-state index contributed by atoms with van der Waals surface area (Å²) in [5.74, 6) is -0.634. The van der Waals surface area contributed by atoms with Crippen LogP contribution in [0.15, 0.2) is 65.5 Å². The molecule has 9 heteroatoms. The quantitative estimate of drug-likeness (QED) is 0.644. The maximum atomic E-state index is 13.8. The van der Waals surface area contributed by atoms with Gasteiger partial charge in [0.05, 0.1) is 0 Å². The Hall–Kier alpha value is -4.01. The Kier molecular flexibility index (Phi) is 6.48. The number of aryl methyl sites for hydroxylation is 1. The minimum absolute atomic E-state index is 0.109. The summed E-state index contributed by atoms with van der Waals surface area (Å²) in [4.78, 5) is 39.1. The minimum atomic E-state index is -0.653. The summed E-state index contributed by atoms with van der Waals surface area (Å²) in [5, 5.41) is 6.85. The first kappa shape index (κ1) is 22.2. The van der Waals surface area contributed by atoms with Gasteiger partial charge >= 0.3 is 0 Å². The highest BCUT2D eigenvalue weighted by atomic mass is 19.1. The number of amides is 2. The van der Waals surface area contributed by atoms with Crippen LogP contribution < -0.4 is 15.6 Å². The molecule has 1 unspecified atom stereocenters. The largest absolute Gasteiger partial charge is 0.454 e. The van der Waals surface area contributed by atoms with Gasteiger partial charge in [0.15, 0.2) is 11.6 Å². The number of rotatable bonds is 5. The van der Waals surface area contributed by atoms with Crippen molar-refractivity contribution in [2.24, 2.45) is 7.05 Å². The summed E-state index contributed by atoms with van der Waals surface area (Å²) in [7, 11) is 1.47. The molecule has 8 nitrogen and oxygen atoms in total. The summed E-state index contributed by atoms with van der Waals surface area (Å²) in [6.07, 6.45) is 2.12. The molecule has 4 rings (SSSR count). The third-order valence-electron chi connectivity index (χ3n) is 5.43. The number of nitrogens with one attached hydrogen (secondary N) is 1. The molecule has 1 aliphatic rings. The van der Waals surface area contributed by atoms with E-state index in [1.807, 2.05) is 0 Å². The van der Waals surface area contributed by atoms with Crippen molar-refractivity contribution >= 4 is 17.5 Å². The molecule has 1 aromatic heterocycles. The van der Waals surface area contributed by atoms with Crippen molar-refractivity contribution in [1.82, 2.24) is 14.7 Å². The van der Waals surface area contributed by atoms with Crippen molar-refractivity contribution in [3.05, 3.63) is 82.5 Å². The number of likely N-dealkylation sites (tertiary alicyclic amines) is 1. The van der Waals surface area contributed by atoms with E-state index in [-0.39, 0.29) is 28.8 Å². The second kappa shape index (κ2) is 9.64. The van der Waals surface area contributed by atoms with E-state index in [0.717, 1.165) is 17.5 Å². The minimum Gasteiger partial charge on any atom is -0.454 e. The van der Waals surface area contributed by atoms with E-state index >= 15 is 0 Å². The van der Waals surface area contributed by atoms with Crippen molar-refractivity contribution in [1.29, 1.82) is 0 Å². The highest BCUT2D eigenvalue weighted by Crippen LogP contribution is 2.26. The molecule has 0 saturated carbocycles. The number of hydrogen-bond acceptors (Lipinski definition) is 5. The van der Waals surface area contributed by atoms with Gasteiger partial charge in [-0.1, -0.05) is 12.1 Å². The number of benzene rings is 2. The average molecular weight is 450 g/mol. The van der Waals surface area contributed by atoms with E-state index in [0.29, 0.717) is 24.4 Å². The Morgan fingerprint density at radius 2 is 1.82 bits per heavy atom. The standard InChI is InChI=1S/C24H23FN4O4/c1-28-22(30)14-13-19(27-28)24(32)29-15-5-4-7-20(29)23(31)26-16-9-11-17(12-10-16)33-21-8-3-2-6-18(21)25/h2-3,6,8-14,20H,4-5,7,15H2,1H3,(H,26,31). The van der Waals surface area contributed by atoms with E-state index in [9.17, 15) is 18.8 Å². The molecule has 2 aromatic carbocycles. The van der Waals surface area contributed by atoms with Gasteiger partial charge in [0.2, 0.25) is 5.91 Å². The molecule has 1 N–H and O–H groups in total. The van der Waals surface area contributed by atoms with E-state index in [1.54, 1.807) is 36.4 Å². The monoisotopic (exact) mass is 450 g/mol. The van der Waals surface area contributed by atoms with Gasteiger partial charge in [0.1, 0.15) is 17.5 Å². The summed E-state index contributed by atoms with van der Waals surface area (Å²) in [6, 6.07) is 14.6. The first-order valence-electron chi connectivity index (χ1n) is 10.6. The molecule has 2 amide bonds. The molecular weight excluding hydrogens is 427 g/mol. The number of piperidine rings is 1. The fraction of sp³-hybridized carbons (Fsp3) is 0.250. The topological polar surface area (TPSA) is 93.5 Å². The number of ether oxygens (including phenoxy) is 1. The van der Waals surface area contributed by atoms with Crippen LogP contribution in [0.2, 0.25) is 0 Å². The zero-order valence-electron chi connectivity index (χ0n) is 18.0. The molecule has 1 saturated heterocycles. The Labute approximate surface area is 189 Å². The number of nitrogens with zero attached hydrogens (tertiary/aromatic N) is 3. The van der Waals surface area contributed by atoms with Crippen LogP contribution in [-0.4, -0.2) is 39.1 Å². The molecule has 0 radical (unpaired) electrons. The van der Waals surface area contributed by atoms with Crippen LogP contribution in [0.4, 0.5) is 10.1 Å². The second-order valence-electron chi connectivity index (χ2n) is 7.74. The van der Waals surface area contributed by atoms with E-state index in [2.05, 4.69) is 10.4 Å². The number of hydrogen-bond donors (Lipinski definition) is 1. The molecule has 1 fully saturated rings. The van der Waals surface area contributed by atoms with Gasteiger partial charge in [-0.3, -0.25) is 14.4 Å². The van der Waals surface area contributed by atoms with Gasteiger partial charge in [-0.05, 0) is 61.7 Å². The Bertz CT molecular complexity index is 1230. The highest BCUT2D eigenvalue weighted by molar-refractivity contribution is 6.00. The molecular formula is C24H23FN4O4. The van der Waals surface area contributed by atoms with Gasteiger partial charge in [0.25, 0.3) is 11.5 Å². The highest BCUT2D eigenvalue weighted by Gasteiger charge is 2.33. The van der Waals surface area contributed by atoms with E-state index < -0.39 is 11.9 Å². The third kappa shape index (κ3) is 5.08. The lowest BCUT2D eigenvalue weighted by molar-refractivity contribution is -0.121. The first-order valence-corrected chi connectivity index (χ1v) is 10.6. The zero-order chi connectivity index (χ0) is 23.4. The lowest BCUT2D eigenvalue weighted by Gasteiger charge is -2.34. The maximum Gasteiger partial charge on any atom is 0.274 e. The molecule has 2 heterocycles.